The first-order chi connectivity index (χ1) is 22.8. The van der Waals surface area contributed by atoms with E-state index in [-0.39, 0.29) is 5.91 Å². The predicted octanol–water partition coefficient (Wildman–Crippen LogP) is 9.80. The van der Waals surface area contributed by atoms with Crippen LogP contribution in [0.1, 0.15) is 44.9 Å². The molecule has 2 atom stereocenters. The molecule has 1 amide bonds. The lowest BCUT2D eigenvalue weighted by atomic mass is 9.61. The molecule has 46 heavy (non-hydrogen) atoms. The van der Waals surface area contributed by atoms with Crippen LogP contribution in [0, 0.1) is 0 Å². The number of carbonyl (C=O) groups is 1. The number of allylic oxidation sites excluding steroid dienone is 4. The lowest BCUT2D eigenvalue weighted by Gasteiger charge is -2.46. The minimum absolute atomic E-state index is 0.139. The zero-order valence-corrected chi connectivity index (χ0v) is 25.3. The largest absolute Gasteiger partial charge is 0.307 e. The topological polar surface area (TPSA) is 20.3 Å². The van der Waals surface area contributed by atoms with Crippen molar-refractivity contribution >= 4 is 33.9 Å². The van der Waals surface area contributed by atoms with E-state index in [1.54, 1.807) is 0 Å². The van der Waals surface area contributed by atoms with Gasteiger partial charge in [0.15, 0.2) is 0 Å². The number of fused-ring (bicyclic) bond motifs is 4. The summed E-state index contributed by atoms with van der Waals surface area (Å²) in [6.45, 7) is 0.520. The van der Waals surface area contributed by atoms with Gasteiger partial charge in [0, 0.05) is 5.69 Å². The molecule has 0 saturated heterocycles. The van der Waals surface area contributed by atoms with Gasteiger partial charge in [0.1, 0.15) is 0 Å². The van der Waals surface area contributed by atoms with E-state index >= 15 is 4.79 Å². The standard InChI is InChI=1S/C44H31NO/c46-43-42-35-26-14-13-25-34(35)41-39(32-21-9-3-10-22-32)38(31-19-7-2-8-20-31)40(33-23-11-4-12-24-33)44(41,42)36-27-15-16-28-37(36)45(43)29-30-17-5-1-6-18-30/h1-28,42H,29H2. The second kappa shape index (κ2) is 10.4. The Bertz CT molecular complexity index is 2140. The molecule has 218 valence electrons. The van der Waals surface area contributed by atoms with Gasteiger partial charge in [-0.05, 0) is 67.3 Å². The summed E-state index contributed by atoms with van der Waals surface area (Å²) in [7, 11) is 0. The van der Waals surface area contributed by atoms with E-state index in [4.69, 9.17) is 0 Å². The van der Waals surface area contributed by atoms with Crippen molar-refractivity contribution in [2.75, 3.05) is 4.90 Å². The third-order valence-electron chi connectivity index (χ3n) is 10.0. The van der Waals surface area contributed by atoms with Gasteiger partial charge in [-0.2, -0.15) is 0 Å². The highest BCUT2D eigenvalue weighted by Gasteiger charge is 2.64. The van der Waals surface area contributed by atoms with Crippen LogP contribution < -0.4 is 4.90 Å². The quantitative estimate of drug-likeness (QED) is 0.196. The average molecular weight is 590 g/mol. The zero-order valence-electron chi connectivity index (χ0n) is 25.3. The van der Waals surface area contributed by atoms with Crippen molar-refractivity contribution in [3.05, 3.63) is 209 Å². The smallest absolute Gasteiger partial charge is 0.236 e. The molecule has 0 bridgehead atoms. The highest BCUT2D eigenvalue weighted by Crippen LogP contribution is 2.73. The summed E-state index contributed by atoms with van der Waals surface area (Å²) in [5.41, 5.74) is 13.1. The molecule has 0 fully saturated rings. The number of amides is 1. The van der Waals surface area contributed by atoms with E-state index in [0.29, 0.717) is 6.54 Å². The van der Waals surface area contributed by atoms with Crippen LogP contribution in [0.3, 0.4) is 0 Å². The van der Waals surface area contributed by atoms with E-state index in [9.17, 15) is 0 Å². The molecule has 6 aromatic rings. The Hall–Kier alpha value is -5.73. The van der Waals surface area contributed by atoms with Gasteiger partial charge in [-0.3, -0.25) is 4.79 Å². The lowest BCUT2D eigenvalue weighted by Crippen LogP contribution is -2.48. The zero-order chi connectivity index (χ0) is 30.7. The number of anilines is 1. The van der Waals surface area contributed by atoms with E-state index < -0.39 is 11.3 Å². The Morgan fingerprint density at radius 2 is 1.00 bits per heavy atom. The number of nitrogens with zero attached hydrogens (tertiary/aromatic N) is 1. The predicted molar refractivity (Wildman–Crippen MR) is 188 cm³/mol. The highest BCUT2D eigenvalue weighted by molar-refractivity contribution is 6.35. The van der Waals surface area contributed by atoms with Crippen molar-refractivity contribution < 1.29 is 4.79 Å². The maximum Gasteiger partial charge on any atom is 0.236 e. The van der Waals surface area contributed by atoms with Crippen molar-refractivity contribution in [1.29, 1.82) is 0 Å². The van der Waals surface area contributed by atoms with Gasteiger partial charge in [-0.1, -0.05) is 164 Å². The normalized spacial score (nSPS) is 19.5. The van der Waals surface area contributed by atoms with Crippen molar-refractivity contribution in [3.8, 4) is 0 Å². The summed E-state index contributed by atoms with van der Waals surface area (Å²) in [6.07, 6.45) is 0. The Balaban J connectivity index is 1.47. The molecule has 9 rings (SSSR count). The van der Waals surface area contributed by atoms with Crippen LogP contribution in [-0.2, 0) is 16.8 Å². The summed E-state index contributed by atoms with van der Waals surface area (Å²) in [5.74, 6) is -0.285. The molecule has 0 N–H and O–H groups in total. The van der Waals surface area contributed by atoms with Gasteiger partial charge in [0.2, 0.25) is 5.91 Å². The molecule has 6 aromatic carbocycles. The molecule has 1 heterocycles. The van der Waals surface area contributed by atoms with E-state index in [1.165, 1.54) is 27.9 Å². The van der Waals surface area contributed by atoms with E-state index in [0.717, 1.165) is 39.1 Å². The minimum atomic E-state index is -0.720. The van der Waals surface area contributed by atoms with Crippen molar-refractivity contribution in [2.45, 2.75) is 17.9 Å². The highest BCUT2D eigenvalue weighted by atomic mass is 16.2. The van der Waals surface area contributed by atoms with Crippen LogP contribution in [0.5, 0.6) is 0 Å². The van der Waals surface area contributed by atoms with E-state index in [2.05, 4.69) is 152 Å². The van der Waals surface area contributed by atoms with Gasteiger partial charge < -0.3 is 4.90 Å². The van der Waals surface area contributed by atoms with Gasteiger partial charge in [-0.25, -0.2) is 0 Å². The summed E-state index contributed by atoms with van der Waals surface area (Å²) in [6, 6.07) is 59.9. The maximum atomic E-state index is 15.4. The molecule has 3 aliphatic rings. The molecule has 2 nitrogen and oxygen atoms in total. The van der Waals surface area contributed by atoms with Crippen LogP contribution >= 0.6 is 0 Å². The SMILES string of the molecule is O=C1C2c3ccccc3C3=C(c4ccccc4)C(c4ccccc4)=C(c4ccccc4)C32c2ccccc2N1Cc1ccccc1. The monoisotopic (exact) mass is 589 g/mol. The molecule has 1 aliphatic heterocycles. The Morgan fingerprint density at radius 1 is 0.500 bits per heavy atom. The average Bonchev–Trinajstić information content (AvgIpc) is 3.60. The molecule has 2 aliphatic carbocycles. The van der Waals surface area contributed by atoms with Crippen LogP contribution in [0.4, 0.5) is 5.69 Å². The van der Waals surface area contributed by atoms with Crippen LogP contribution in [0.25, 0.3) is 22.3 Å². The first kappa shape index (κ1) is 26.7. The summed E-state index contributed by atoms with van der Waals surface area (Å²) >= 11 is 0. The van der Waals surface area contributed by atoms with Crippen molar-refractivity contribution in [1.82, 2.24) is 0 Å². The Kier molecular flexibility index (Phi) is 6.04. The van der Waals surface area contributed by atoms with Gasteiger partial charge in [0.05, 0.1) is 17.9 Å². The maximum absolute atomic E-state index is 15.4. The van der Waals surface area contributed by atoms with Crippen LogP contribution in [-0.4, -0.2) is 5.91 Å². The second-order valence-electron chi connectivity index (χ2n) is 12.4. The molecule has 2 unspecified atom stereocenters. The number of rotatable bonds is 5. The van der Waals surface area contributed by atoms with E-state index in [1.807, 2.05) is 23.1 Å². The fourth-order valence-corrected chi connectivity index (χ4v) is 8.37. The fourth-order valence-electron chi connectivity index (χ4n) is 8.37. The van der Waals surface area contributed by atoms with Gasteiger partial charge in [0.25, 0.3) is 0 Å². The molecular formula is C44H31NO. The first-order valence-corrected chi connectivity index (χ1v) is 16.0. The van der Waals surface area contributed by atoms with Crippen LogP contribution in [0.15, 0.2) is 170 Å². The number of para-hydroxylation sites is 1. The molecule has 0 radical (unpaired) electrons. The number of hydrogen-bond donors (Lipinski definition) is 0. The number of carbonyl (C=O) groups excluding carboxylic acids is 1. The molecule has 1 spiro atoms. The third kappa shape index (κ3) is 3.68. The summed E-state index contributed by atoms with van der Waals surface area (Å²) in [5, 5.41) is 0. The third-order valence-corrected chi connectivity index (χ3v) is 10.0. The number of benzene rings is 6. The summed E-state index contributed by atoms with van der Waals surface area (Å²) < 4.78 is 0. The molecular weight excluding hydrogens is 558 g/mol. The van der Waals surface area contributed by atoms with Gasteiger partial charge in [-0.15, -0.1) is 0 Å². The van der Waals surface area contributed by atoms with Crippen molar-refractivity contribution in [3.63, 3.8) is 0 Å². The van der Waals surface area contributed by atoms with Gasteiger partial charge >= 0.3 is 0 Å². The fraction of sp³-hybridized carbons (Fsp3) is 0.0682. The Morgan fingerprint density at radius 3 is 1.65 bits per heavy atom. The number of hydrogen-bond acceptors (Lipinski definition) is 1. The van der Waals surface area contributed by atoms with Crippen LogP contribution in [0.2, 0.25) is 0 Å². The summed E-state index contributed by atoms with van der Waals surface area (Å²) in [4.78, 5) is 17.5. The molecule has 2 heteroatoms. The first-order valence-electron chi connectivity index (χ1n) is 16.0. The Labute approximate surface area is 269 Å². The lowest BCUT2D eigenvalue weighted by molar-refractivity contribution is -0.121. The van der Waals surface area contributed by atoms with Crippen molar-refractivity contribution in [2.24, 2.45) is 0 Å². The minimum Gasteiger partial charge on any atom is -0.307 e. The second-order valence-corrected chi connectivity index (χ2v) is 12.4. The molecule has 0 aromatic heterocycles. The molecule has 0 saturated carbocycles.